The molecule has 20 heavy (non-hydrogen) atoms. The third-order valence-corrected chi connectivity index (χ3v) is 4.55. The zero-order valence-corrected chi connectivity index (χ0v) is 13.5. The summed E-state index contributed by atoms with van der Waals surface area (Å²) in [6.07, 6.45) is 6.55. The smallest absolute Gasteiger partial charge is 0.122 e. The van der Waals surface area contributed by atoms with E-state index < -0.39 is 0 Å². The Bertz CT molecular complexity index is 433. The van der Waals surface area contributed by atoms with Crippen molar-refractivity contribution in [3.8, 4) is 5.75 Å². The summed E-state index contributed by atoms with van der Waals surface area (Å²) in [5, 5.41) is 3.66. The third-order valence-electron chi connectivity index (χ3n) is 4.55. The summed E-state index contributed by atoms with van der Waals surface area (Å²) in [6.45, 7) is 7.75. The first-order chi connectivity index (χ1) is 9.54. The second kappa shape index (κ2) is 6.62. The molecule has 2 heteroatoms. The van der Waals surface area contributed by atoms with Crippen LogP contribution < -0.4 is 10.1 Å². The maximum absolute atomic E-state index is 5.56. The minimum Gasteiger partial charge on any atom is -0.496 e. The molecular weight excluding hydrogens is 246 g/mol. The van der Waals surface area contributed by atoms with Gasteiger partial charge in [0.2, 0.25) is 0 Å². The molecule has 112 valence electrons. The van der Waals surface area contributed by atoms with Crippen LogP contribution in [0.5, 0.6) is 5.75 Å². The molecule has 1 aromatic carbocycles. The number of ether oxygens (including phenoxy) is 1. The van der Waals surface area contributed by atoms with Gasteiger partial charge in [0.15, 0.2) is 0 Å². The van der Waals surface area contributed by atoms with Crippen LogP contribution >= 0.6 is 0 Å². The molecule has 0 amide bonds. The van der Waals surface area contributed by atoms with Crippen LogP contribution in [0, 0.1) is 12.3 Å². The highest BCUT2D eigenvalue weighted by molar-refractivity contribution is 5.37. The van der Waals surface area contributed by atoms with Gasteiger partial charge in [-0.3, -0.25) is 0 Å². The molecule has 1 N–H and O–H groups in total. The quantitative estimate of drug-likeness (QED) is 0.844. The lowest BCUT2D eigenvalue weighted by Crippen LogP contribution is -2.37. The molecule has 0 heterocycles. The lowest BCUT2D eigenvalue weighted by Gasteiger charge is -2.31. The van der Waals surface area contributed by atoms with Gasteiger partial charge in [0, 0.05) is 12.6 Å². The fourth-order valence-corrected chi connectivity index (χ4v) is 3.41. The number of hydrogen-bond donors (Lipinski definition) is 1. The normalized spacial score (nSPS) is 17.6. The van der Waals surface area contributed by atoms with E-state index in [9.17, 15) is 0 Å². The number of aryl methyl sites for hydroxylation is 1. The SMILES string of the molecule is COc1ccc(C)cc1CC1(CNC(C)C)CCCC1. The molecule has 1 aliphatic rings. The molecule has 1 aromatic rings. The van der Waals surface area contributed by atoms with Gasteiger partial charge < -0.3 is 10.1 Å². The lowest BCUT2D eigenvalue weighted by atomic mass is 9.79. The standard InChI is InChI=1S/C18H29NO/c1-14(2)19-13-18(9-5-6-10-18)12-16-11-15(3)7-8-17(16)20-4/h7-8,11,14,19H,5-6,9-10,12-13H2,1-4H3. The Hall–Kier alpha value is -1.02. The van der Waals surface area contributed by atoms with E-state index in [0.717, 1.165) is 18.7 Å². The molecule has 0 radical (unpaired) electrons. The molecule has 2 rings (SSSR count). The molecule has 0 aliphatic heterocycles. The van der Waals surface area contributed by atoms with Gasteiger partial charge >= 0.3 is 0 Å². The van der Waals surface area contributed by atoms with Crippen LogP contribution in [0.4, 0.5) is 0 Å². The number of rotatable bonds is 6. The van der Waals surface area contributed by atoms with E-state index in [0.29, 0.717) is 11.5 Å². The zero-order chi connectivity index (χ0) is 14.6. The van der Waals surface area contributed by atoms with E-state index >= 15 is 0 Å². The highest BCUT2D eigenvalue weighted by atomic mass is 16.5. The largest absolute Gasteiger partial charge is 0.496 e. The summed E-state index contributed by atoms with van der Waals surface area (Å²) in [6, 6.07) is 7.11. The Balaban J connectivity index is 2.17. The number of methoxy groups -OCH3 is 1. The van der Waals surface area contributed by atoms with Crippen LogP contribution in [-0.2, 0) is 6.42 Å². The van der Waals surface area contributed by atoms with Crippen molar-refractivity contribution in [2.24, 2.45) is 5.41 Å². The van der Waals surface area contributed by atoms with Crippen molar-refractivity contribution < 1.29 is 4.74 Å². The number of nitrogens with one attached hydrogen (secondary N) is 1. The van der Waals surface area contributed by atoms with Crippen LogP contribution in [-0.4, -0.2) is 19.7 Å². The molecule has 0 saturated heterocycles. The molecular formula is C18H29NO. The van der Waals surface area contributed by atoms with E-state index in [4.69, 9.17) is 4.74 Å². The minimum atomic E-state index is 0.422. The first kappa shape index (κ1) is 15.4. The Morgan fingerprint density at radius 1 is 1.25 bits per heavy atom. The Morgan fingerprint density at radius 3 is 2.55 bits per heavy atom. The van der Waals surface area contributed by atoms with Gasteiger partial charge in [0.05, 0.1) is 7.11 Å². The maximum atomic E-state index is 5.56. The average Bonchev–Trinajstić information content (AvgIpc) is 2.86. The summed E-state index contributed by atoms with van der Waals surface area (Å²) in [5.41, 5.74) is 3.12. The Morgan fingerprint density at radius 2 is 1.95 bits per heavy atom. The van der Waals surface area contributed by atoms with Crippen molar-refractivity contribution in [2.75, 3.05) is 13.7 Å². The van der Waals surface area contributed by atoms with Crippen LogP contribution in [0.3, 0.4) is 0 Å². The first-order valence-electron chi connectivity index (χ1n) is 7.92. The van der Waals surface area contributed by atoms with Gasteiger partial charge in [-0.25, -0.2) is 0 Å². The van der Waals surface area contributed by atoms with Crippen molar-refractivity contribution in [2.45, 2.75) is 58.9 Å². The monoisotopic (exact) mass is 275 g/mol. The van der Waals surface area contributed by atoms with Crippen molar-refractivity contribution >= 4 is 0 Å². The van der Waals surface area contributed by atoms with Crippen molar-refractivity contribution in [1.82, 2.24) is 5.32 Å². The number of hydrogen-bond acceptors (Lipinski definition) is 2. The van der Waals surface area contributed by atoms with Crippen LogP contribution in [0.2, 0.25) is 0 Å². The minimum absolute atomic E-state index is 0.422. The molecule has 1 aliphatic carbocycles. The average molecular weight is 275 g/mol. The highest BCUT2D eigenvalue weighted by Gasteiger charge is 2.34. The highest BCUT2D eigenvalue weighted by Crippen LogP contribution is 2.42. The van der Waals surface area contributed by atoms with Gasteiger partial charge in [-0.2, -0.15) is 0 Å². The predicted octanol–water partition coefficient (Wildman–Crippen LogP) is 4.10. The van der Waals surface area contributed by atoms with Gasteiger partial charge in [-0.05, 0) is 43.2 Å². The van der Waals surface area contributed by atoms with E-state index in [2.05, 4.69) is 44.3 Å². The molecule has 0 aromatic heterocycles. The van der Waals surface area contributed by atoms with E-state index in [1.165, 1.54) is 36.8 Å². The van der Waals surface area contributed by atoms with Gasteiger partial charge in [0.25, 0.3) is 0 Å². The van der Waals surface area contributed by atoms with Crippen molar-refractivity contribution in [3.63, 3.8) is 0 Å². The van der Waals surface area contributed by atoms with Crippen LogP contribution in [0.15, 0.2) is 18.2 Å². The molecule has 1 saturated carbocycles. The molecule has 0 spiro atoms. The summed E-state index contributed by atoms with van der Waals surface area (Å²) in [5.74, 6) is 1.05. The molecule has 1 fully saturated rings. The first-order valence-corrected chi connectivity index (χ1v) is 7.92. The molecule has 2 nitrogen and oxygen atoms in total. The Labute approximate surface area is 123 Å². The summed E-state index contributed by atoms with van der Waals surface area (Å²) in [7, 11) is 1.78. The maximum Gasteiger partial charge on any atom is 0.122 e. The summed E-state index contributed by atoms with van der Waals surface area (Å²) in [4.78, 5) is 0. The fourth-order valence-electron chi connectivity index (χ4n) is 3.41. The van der Waals surface area contributed by atoms with E-state index in [-0.39, 0.29) is 0 Å². The third kappa shape index (κ3) is 3.76. The van der Waals surface area contributed by atoms with E-state index in [1.807, 2.05) is 0 Å². The van der Waals surface area contributed by atoms with Gasteiger partial charge in [0.1, 0.15) is 5.75 Å². The summed E-state index contributed by atoms with van der Waals surface area (Å²) >= 11 is 0. The second-order valence-corrected chi connectivity index (χ2v) is 6.73. The topological polar surface area (TPSA) is 21.3 Å². The predicted molar refractivity (Wildman–Crippen MR) is 85.5 cm³/mol. The molecule has 0 unspecified atom stereocenters. The van der Waals surface area contributed by atoms with E-state index in [1.54, 1.807) is 7.11 Å². The Kier molecular flexibility index (Phi) is 5.09. The molecule has 0 atom stereocenters. The molecule has 0 bridgehead atoms. The van der Waals surface area contributed by atoms with Gasteiger partial charge in [-0.15, -0.1) is 0 Å². The fraction of sp³-hybridized carbons (Fsp3) is 0.667. The zero-order valence-electron chi connectivity index (χ0n) is 13.5. The second-order valence-electron chi connectivity index (χ2n) is 6.73. The number of benzene rings is 1. The lowest BCUT2D eigenvalue weighted by molar-refractivity contribution is 0.265. The van der Waals surface area contributed by atoms with Crippen molar-refractivity contribution in [1.29, 1.82) is 0 Å². The summed E-state index contributed by atoms with van der Waals surface area (Å²) < 4.78 is 5.56. The van der Waals surface area contributed by atoms with Crippen molar-refractivity contribution in [3.05, 3.63) is 29.3 Å². The van der Waals surface area contributed by atoms with Crippen LogP contribution in [0.1, 0.15) is 50.7 Å². The van der Waals surface area contributed by atoms with Gasteiger partial charge in [-0.1, -0.05) is 44.4 Å². The van der Waals surface area contributed by atoms with Crippen LogP contribution in [0.25, 0.3) is 0 Å².